The number of nitrogens with zero attached hydrogens (tertiary/aromatic N) is 2. The molecule has 102 valence electrons. The maximum atomic E-state index is 8.93. The van der Waals surface area contributed by atoms with Gasteiger partial charge in [0, 0.05) is 26.3 Å². The Morgan fingerprint density at radius 1 is 1.50 bits per heavy atom. The highest BCUT2D eigenvalue weighted by molar-refractivity contribution is 5.44. The number of anilines is 2. The molecule has 18 heavy (non-hydrogen) atoms. The molecule has 0 aromatic carbocycles. The molecule has 0 amide bonds. The van der Waals surface area contributed by atoms with Crippen molar-refractivity contribution in [1.82, 2.24) is 9.97 Å². The Kier molecular flexibility index (Phi) is 6.38. The zero-order valence-electron chi connectivity index (χ0n) is 11.0. The number of nitrogens with two attached hydrogens (primary N) is 1. The van der Waals surface area contributed by atoms with Gasteiger partial charge in [0.25, 0.3) is 0 Å². The van der Waals surface area contributed by atoms with E-state index in [0.717, 1.165) is 19.4 Å². The van der Waals surface area contributed by atoms with Crippen LogP contribution < -0.4 is 11.1 Å². The first kappa shape index (κ1) is 14.7. The minimum absolute atomic E-state index is 0.209. The first-order valence-corrected chi connectivity index (χ1v) is 6.16. The van der Waals surface area contributed by atoms with Gasteiger partial charge in [0.15, 0.2) is 5.82 Å². The molecule has 6 nitrogen and oxygen atoms in total. The monoisotopic (exact) mass is 254 g/mol. The second-order valence-corrected chi connectivity index (χ2v) is 4.19. The lowest BCUT2D eigenvalue weighted by molar-refractivity contribution is 0.178. The standard InChI is InChI=1S/C12H22N4O2/c1-3-9(4-5-17)7-14-11-6-10(13)15-12(16-11)8-18-2/h6,9,17H,3-5,7-8H2,1-2H3,(H3,13,14,15,16). The fourth-order valence-electron chi connectivity index (χ4n) is 1.68. The van der Waals surface area contributed by atoms with E-state index in [-0.39, 0.29) is 6.61 Å². The van der Waals surface area contributed by atoms with Gasteiger partial charge in [-0.2, -0.15) is 0 Å². The number of hydrogen-bond donors (Lipinski definition) is 3. The number of rotatable bonds is 8. The quantitative estimate of drug-likeness (QED) is 0.641. The molecule has 0 aliphatic carbocycles. The van der Waals surface area contributed by atoms with Crippen molar-refractivity contribution in [2.24, 2.45) is 5.92 Å². The lowest BCUT2D eigenvalue weighted by atomic mass is 10.0. The van der Waals surface area contributed by atoms with Crippen LogP contribution in [0.3, 0.4) is 0 Å². The van der Waals surface area contributed by atoms with Crippen molar-refractivity contribution in [3.63, 3.8) is 0 Å². The lowest BCUT2D eigenvalue weighted by Gasteiger charge is -2.15. The van der Waals surface area contributed by atoms with E-state index in [2.05, 4.69) is 22.2 Å². The summed E-state index contributed by atoms with van der Waals surface area (Å²) in [6.45, 7) is 3.42. The van der Waals surface area contributed by atoms with E-state index in [1.54, 1.807) is 13.2 Å². The van der Waals surface area contributed by atoms with Crippen LogP contribution in [0.4, 0.5) is 11.6 Å². The Hall–Kier alpha value is -1.40. The van der Waals surface area contributed by atoms with Crippen molar-refractivity contribution in [1.29, 1.82) is 0 Å². The SMILES string of the molecule is CCC(CCO)CNc1cc(N)nc(COC)n1. The van der Waals surface area contributed by atoms with Gasteiger partial charge in [-0.25, -0.2) is 9.97 Å². The molecule has 1 unspecified atom stereocenters. The van der Waals surface area contributed by atoms with Gasteiger partial charge in [-0.15, -0.1) is 0 Å². The summed E-state index contributed by atoms with van der Waals surface area (Å²) in [5.41, 5.74) is 5.70. The van der Waals surface area contributed by atoms with Crippen LogP contribution in [0.2, 0.25) is 0 Å². The van der Waals surface area contributed by atoms with Crippen LogP contribution in [0.1, 0.15) is 25.6 Å². The summed E-state index contributed by atoms with van der Waals surface area (Å²) in [7, 11) is 1.59. The van der Waals surface area contributed by atoms with E-state index in [0.29, 0.717) is 30.0 Å². The fraction of sp³-hybridized carbons (Fsp3) is 0.667. The summed E-state index contributed by atoms with van der Waals surface area (Å²) in [4.78, 5) is 8.37. The number of methoxy groups -OCH3 is 1. The van der Waals surface area contributed by atoms with Crippen molar-refractivity contribution >= 4 is 11.6 Å². The Balaban J connectivity index is 2.60. The molecule has 0 saturated heterocycles. The summed E-state index contributed by atoms with van der Waals surface area (Å²) >= 11 is 0. The number of aliphatic hydroxyl groups excluding tert-OH is 1. The first-order chi connectivity index (χ1) is 8.69. The molecular weight excluding hydrogens is 232 g/mol. The molecule has 0 bridgehead atoms. The van der Waals surface area contributed by atoms with Crippen LogP contribution in [0.15, 0.2) is 6.07 Å². The molecule has 0 spiro atoms. The Bertz CT molecular complexity index is 360. The van der Waals surface area contributed by atoms with Crippen LogP contribution >= 0.6 is 0 Å². The molecule has 1 aromatic rings. The van der Waals surface area contributed by atoms with Gasteiger partial charge >= 0.3 is 0 Å². The highest BCUT2D eigenvalue weighted by Crippen LogP contribution is 2.12. The molecule has 0 fully saturated rings. The third-order valence-electron chi connectivity index (χ3n) is 2.75. The van der Waals surface area contributed by atoms with Crippen molar-refractivity contribution in [3.8, 4) is 0 Å². The largest absolute Gasteiger partial charge is 0.396 e. The Morgan fingerprint density at radius 3 is 2.89 bits per heavy atom. The molecule has 0 aliphatic rings. The zero-order chi connectivity index (χ0) is 13.4. The van der Waals surface area contributed by atoms with E-state index in [9.17, 15) is 0 Å². The normalized spacial score (nSPS) is 12.4. The second kappa shape index (κ2) is 7.84. The third-order valence-corrected chi connectivity index (χ3v) is 2.75. The summed E-state index contributed by atoms with van der Waals surface area (Å²) < 4.78 is 4.98. The minimum atomic E-state index is 0.209. The summed E-state index contributed by atoms with van der Waals surface area (Å²) in [5, 5.41) is 12.2. The van der Waals surface area contributed by atoms with Gasteiger partial charge < -0.3 is 20.9 Å². The topological polar surface area (TPSA) is 93.3 Å². The number of ether oxygens (including phenoxy) is 1. The third kappa shape index (κ3) is 4.85. The zero-order valence-corrected chi connectivity index (χ0v) is 11.0. The number of aliphatic hydroxyl groups is 1. The molecule has 6 heteroatoms. The van der Waals surface area contributed by atoms with Gasteiger partial charge in [-0.1, -0.05) is 13.3 Å². The Labute approximate surface area is 108 Å². The highest BCUT2D eigenvalue weighted by atomic mass is 16.5. The van der Waals surface area contributed by atoms with Gasteiger partial charge in [0.2, 0.25) is 0 Å². The molecule has 0 radical (unpaired) electrons. The van der Waals surface area contributed by atoms with E-state index < -0.39 is 0 Å². The maximum absolute atomic E-state index is 8.93. The molecule has 0 saturated carbocycles. The van der Waals surface area contributed by atoms with E-state index in [4.69, 9.17) is 15.6 Å². The fourth-order valence-corrected chi connectivity index (χ4v) is 1.68. The van der Waals surface area contributed by atoms with Gasteiger partial charge in [0.1, 0.15) is 18.2 Å². The molecule has 1 rings (SSSR count). The van der Waals surface area contributed by atoms with Crippen LogP contribution in [-0.2, 0) is 11.3 Å². The Morgan fingerprint density at radius 2 is 2.28 bits per heavy atom. The minimum Gasteiger partial charge on any atom is -0.396 e. The predicted molar refractivity (Wildman–Crippen MR) is 71.1 cm³/mol. The van der Waals surface area contributed by atoms with Crippen molar-refractivity contribution in [3.05, 3.63) is 11.9 Å². The molecule has 1 heterocycles. The molecule has 1 aromatic heterocycles. The number of hydrogen-bond acceptors (Lipinski definition) is 6. The maximum Gasteiger partial charge on any atom is 0.158 e. The van der Waals surface area contributed by atoms with Crippen LogP contribution in [0.25, 0.3) is 0 Å². The van der Waals surface area contributed by atoms with Crippen LogP contribution in [0, 0.1) is 5.92 Å². The molecule has 1 atom stereocenters. The van der Waals surface area contributed by atoms with Crippen LogP contribution in [-0.4, -0.2) is 35.3 Å². The average molecular weight is 254 g/mol. The van der Waals surface area contributed by atoms with Crippen LogP contribution in [0.5, 0.6) is 0 Å². The summed E-state index contributed by atoms with van der Waals surface area (Å²) in [6, 6.07) is 1.70. The van der Waals surface area contributed by atoms with E-state index >= 15 is 0 Å². The molecule has 4 N–H and O–H groups in total. The van der Waals surface area contributed by atoms with Crippen molar-refractivity contribution < 1.29 is 9.84 Å². The molecule has 0 aliphatic heterocycles. The second-order valence-electron chi connectivity index (χ2n) is 4.19. The number of nitrogen functional groups attached to an aromatic ring is 1. The van der Waals surface area contributed by atoms with Gasteiger partial charge in [-0.05, 0) is 12.3 Å². The number of aromatic nitrogens is 2. The highest BCUT2D eigenvalue weighted by Gasteiger charge is 2.07. The van der Waals surface area contributed by atoms with Crippen molar-refractivity contribution in [2.75, 3.05) is 31.3 Å². The van der Waals surface area contributed by atoms with E-state index in [1.807, 2.05) is 0 Å². The van der Waals surface area contributed by atoms with Crippen molar-refractivity contribution in [2.45, 2.75) is 26.4 Å². The average Bonchev–Trinajstić information content (AvgIpc) is 2.34. The van der Waals surface area contributed by atoms with Gasteiger partial charge in [0.05, 0.1) is 0 Å². The van der Waals surface area contributed by atoms with E-state index in [1.165, 1.54) is 0 Å². The predicted octanol–water partition coefficient (Wildman–Crippen LogP) is 1.03. The first-order valence-electron chi connectivity index (χ1n) is 6.16. The summed E-state index contributed by atoms with van der Waals surface area (Å²) in [6.07, 6.45) is 1.80. The molecular formula is C12H22N4O2. The smallest absolute Gasteiger partial charge is 0.158 e. The summed E-state index contributed by atoms with van der Waals surface area (Å²) in [5.74, 6) is 2.12. The lowest BCUT2D eigenvalue weighted by Crippen LogP contribution is -2.16. The van der Waals surface area contributed by atoms with Gasteiger partial charge in [-0.3, -0.25) is 0 Å². The number of nitrogens with one attached hydrogen (secondary N) is 1.